The maximum Gasteiger partial charge on any atom is 0.240 e. The first-order chi connectivity index (χ1) is 8.94. The monoisotopic (exact) mass is 267 g/mol. The third kappa shape index (κ3) is 3.29. The molecule has 1 amide bonds. The number of hydrogen-bond acceptors (Lipinski definition) is 3. The number of nitrogens with one attached hydrogen (secondary N) is 1. The van der Waals surface area contributed by atoms with Gasteiger partial charge in [0.15, 0.2) is 0 Å². The van der Waals surface area contributed by atoms with Crippen LogP contribution < -0.4 is 16.8 Å². The first kappa shape index (κ1) is 14.8. The number of hydrogen-bond donors (Lipinski definition) is 3. The fraction of sp³-hybridized carbons (Fsp3) is 0.933. The van der Waals surface area contributed by atoms with Gasteiger partial charge in [-0.05, 0) is 50.9 Å². The molecule has 2 fully saturated rings. The van der Waals surface area contributed by atoms with Crippen molar-refractivity contribution in [2.75, 3.05) is 0 Å². The van der Waals surface area contributed by atoms with Crippen molar-refractivity contribution in [3.8, 4) is 0 Å². The molecule has 4 nitrogen and oxygen atoms in total. The Balaban J connectivity index is 2.00. The number of nitrogens with two attached hydrogens (primary N) is 2. The van der Waals surface area contributed by atoms with Crippen LogP contribution in [0.25, 0.3) is 0 Å². The van der Waals surface area contributed by atoms with E-state index in [0.717, 1.165) is 25.7 Å². The second-order valence-corrected chi connectivity index (χ2v) is 6.85. The Morgan fingerprint density at radius 1 is 1.32 bits per heavy atom. The van der Waals surface area contributed by atoms with Crippen molar-refractivity contribution in [1.29, 1.82) is 0 Å². The van der Waals surface area contributed by atoms with Gasteiger partial charge in [0.1, 0.15) is 0 Å². The van der Waals surface area contributed by atoms with Crippen LogP contribution in [0.4, 0.5) is 0 Å². The van der Waals surface area contributed by atoms with Gasteiger partial charge in [0.2, 0.25) is 5.91 Å². The molecule has 0 aliphatic heterocycles. The molecule has 3 unspecified atom stereocenters. The molecule has 2 saturated carbocycles. The van der Waals surface area contributed by atoms with E-state index in [9.17, 15) is 4.79 Å². The molecule has 3 atom stereocenters. The van der Waals surface area contributed by atoms with Gasteiger partial charge < -0.3 is 16.8 Å². The van der Waals surface area contributed by atoms with Crippen LogP contribution in [0.3, 0.4) is 0 Å². The van der Waals surface area contributed by atoms with E-state index in [2.05, 4.69) is 12.2 Å². The average Bonchev–Trinajstić information content (AvgIpc) is 2.30. The predicted octanol–water partition coefficient (Wildman–Crippen LogP) is 1.53. The van der Waals surface area contributed by atoms with Crippen molar-refractivity contribution in [2.24, 2.45) is 23.3 Å². The lowest BCUT2D eigenvalue weighted by atomic mass is 9.67. The Morgan fingerprint density at radius 2 is 1.89 bits per heavy atom. The van der Waals surface area contributed by atoms with E-state index in [1.54, 1.807) is 0 Å². The van der Waals surface area contributed by atoms with Crippen molar-refractivity contribution in [2.45, 2.75) is 76.4 Å². The maximum atomic E-state index is 12.4. The first-order valence-electron chi connectivity index (χ1n) is 7.79. The van der Waals surface area contributed by atoms with E-state index in [4.69, 9.17) is 11.5 Å². The topological polar surface area (TPSA) is 81.1 Å². The summed E-state index contributed by atoms with van der Waals surface area (Å²) < 4.78 is 0. The molecular formula is C15H29N3O. The van der Waals surface area contributed by atoms with Crippen LogP contribution in [0.15, 0.2) is 0 Å². The summed E-state index contributed by atoms with van der Waals surface area (Å²) in [4.78, 5) is 12.4. The fourth-order valence-electron chi connectivity index (χ4n) is 3.97. The lowest BCUT2D eigenvalue weighted by Gasteiger charge is -2.46. The minimum absolute atomic E-state index is 0.0201. The van der Waals surface area contributed by atoms with Crippen molar-refractivity contribution in [1.82, 2.24) is 5.32 Å². The second kappa shape index (κ2) is 5.80. The maximum absolute atomic E-state index is 12.4. The molecule has 2 rings (SSSR count). The van der Waals surface area contributed by atoms with Gasteiger partial charge in [0.25, 0.3) is 0 Å². The van der Waals surface area contributed by atoms with Gasteiger partial charge in [-0.2, -0.15) is 0 Å². The fourth-order valence-corrected chi connectivity index (χ4v) is 3.97. The third-order valence-corrected chi connectivity index (χ3v) is 4.96. The first-order valence-corrected chi connectivity index (χ1v) is 7.79. The highest BCUT2D eigenvalue weighted by atomic mass is 16.2. The summed E-state index contributed by atoms with van der Waals surface area (Å²) in [6, 6.07) is 0.629. The molecule has 0 radical (unpaired) electrons. The lowest BCUT2D eigenvalue weighted by Crippen LogP contribution is -2.60. The molecule has 0 aromatic carbocycles. The van der Waals surface area contributed by atoms with Crippen LogP contribution in [0.1, 0.15) is 58.8 Å². The highest BCUT2D eigenvalue weighted by molar-refractivity contribution is 5.85. The Morgan fingerprint density at radius 3 is 2.42 bits per heavy atom. The minimum Gasteiger partial charge on any atom is -0.351 e. The van der Waals surface area contributed by atoms with E-state index in [1.165, 1.54) is 19.3 Å². The number of amides is 1. The molecule has 0 spiro atoms. The van der Waals surface area contributed by atoms with E-state index >= 15 is 0 Å². The molecule has 2 aliphatic rings. The Bertz CT molecular complexity index is 315. The highest BCUT2D eigenvalue weighted by Crippen LogP contribution is 2.39. The summed E-state index contributed by atoms with van der Waals surface area (Å²) >= 11 is 0. The number of carbonyl (C=O) groups excluding carboxylic acids is 1. The van der Waals surface area contributed by atoms with Gasteiger partial charge in [-0.3, -0.25) is 4.79 Å². The van der Waals surface area contributed by atoms with Crippen LogP contribution in [0.5, 0.6) is 0 Å². The highest BCUT2D eigenvalue weighted by Gasteiger charge is 2.41. The third-order valence-electron chi connectivity index (χ3n) is 4.96. The zero-order valence-corrected chi connectivity index (χ0v) is 12.3. The summed E-state index contributed by atoms with van der Waals surface area (Å²) in [5.74, 6) is 1.14. The Hall–Kier alpha value is -0.610. The number of rotatable bonds is 4. The van der Waals surface area contributed by atoms with Crippen LogP contribution >= 0.6 is 0 Å². The molecule has 110 valence electrons. The molecule has 2 bridgehead atoms. The summed E-state index contributed by atoms with van der Waals surface area (Å²) in [5.41, 5.74) is 11.5. The van der Waals surface area contributed by atoms with Gasteiger partial charge in [-0.15, -0.1) is 0 Å². The summed E-state index contributed by atoms with van der Waals surface area (Å²) in [6.07, 6.45) is 7.45. The summed E-state index contributed by atoms with van der Waals surface area (Å²) in [6.45, 7) is 3.91. The van der Waals surface area contributed by atoms with Crippen LogP contribution in [-0.2, 0) is 4.79 Å². The molecule has 0 saturated heterocycles. The van der Waals surface area contributed by atoms with Gasteiger partial charge in [0, 0.05) is 12.1 Å². The average molecular weight is 267 g/mol. The van der Waals surface area contributed by atoms with E-state index < -0.39 is 5.54 Å². The summed E-state index contributed by atoms with van der Waals surface area (Å²) in [7, 11) is 0. The normalized spacial score (nSPS) is 37.5. The predicted molar refractivity (Wildman–Crippen MR) is 77.5 cm³/mol. The standard InChI is InChI=1S/C15H29N3O/c1-3-7-15(2,17)14(19)18-13-10-5-4-6-11(13)9-12(16)8-10/h10-13H,3-9,16-17H2,1-2H3,(H,18,19). The van der Waals surface area contributed by atoms with Crippen molar-refractivity contribution >= 4 is 5.91 Å². The zero-order chi connectivity index (χ0) is 14.0. The van der Waals surface area contributed by atoms with Crippen molar-refractivity contribution < 1.29 is 4.79 Å². The van der Waals surface area contributed by atoms with Crippen molar-refractivity contribution in [3.05, 3.63) is 0 Å². The van der Waals surface area contributed by atoms with Gasteiger partial charge >= 0.3 is 0 Å². The minimum atomic E-state index is -0.734. The quantitative estimate of drug-likeness (QED) is 0.722. The summed E-state index contributed by atoms with van der Waals surface area (Å²) in [5, 5.41) is 3.25. The molecule has 0 aromatic heterocycles. The SMILES string of the molecule is CCCC(C)(N)C(=O)NC1C2CCCC1CC(N)C2. The Kier molecular flexibility index (Phi) is 4.51. The molecule has 0 heterocycles. The zero-order valence-electron chi connectivity index (χ0n) is 12.3. The second-order valence-electron chi connectivity index (χ2n) is 6.85. The molecule has 0 aromatic rings. The molecule has 5 N–H and O–H groups in total. The van der Waals surface area contributed by atoms with Crippen LogP contribution in [-0.4, -0.2) is 23.5 Å². The Labute approximate surface area is 116 Å². The van der Waals surface area contributed by atoms with E-state index in [-0.39, 0.29) is 5.91 Å². The molecule has 2 aliphatic carbocycles. The molecule has 19 heavy (non-hydrogen) atoms. The van der Waals surface area contributed by atoms with E-state index in [1.807, 2.05) is 6.92 Å². The van der Waals surface area contributed by atoms with Gasteiger partial charge in [0.05, 0.1) is 5.54 Å². The van der Waals surface area contributed by atoms with Gasteiger partial charge in [-0.25, -0.2) is 0 Å². The number of carbonyl (C=O) groups is 1. The molecular weight excluding hydrogens is 238 g/mol. The smallest absolute Gasteiger partial charge is 0.240 e. The van der Waals surface area contributed by atoms with Crippen molar-refractivity contribution in [3.63, 3.8) is 0 Å². The lowest BCUT2D eigenvalue weighted by molar-refractivity contribution is -0.128. The van der Waals surface area contributed by atoms with Crippen LogP contribution in [0, 0.1) is 11.8 Å². The van der Waals surface area contributed by atoms with Gasteiger partial charge in [-0.1, -0.05) is 19.8 Å². The molecule has 4 heteroatoms. The number of fused-ring (bicyclic) bond motifs is 2. The largest absolute Gasteiger partial charge is 0.351 e. The van der Waals surface area contributed by atoms with Crippen LogP contribution in [0.2, 0.25) is 0 Å². The van der Waals surface area contributed by atoms with E-state index in [0.29, 0.717) is 23.9 Å².